The SMILES string of the molecule is CC1=CC(Oc2c(C3CCC3)nn(C3CSC3)c2C)C=CC(C)=C1C#N. The van der Waals surface area contributed by atoms with Gasteiger partial charge >= 0.3 is 0 Å². The predicted molar refractivity (Wildman–Crippen MR) is 106 cm³/mol. The Labute approximate surface area is 159 Å². The Balaban J connectivity index is 1.66. The molecule has 2 aliphatic carbocycles. The standard InChI is InChI=1S/C21H25N3OS/c1-13-7-8-18(9-14(2)19(13)10-22)25-21-15(3)24(17-11-26-12-17)23-20(21)16-5-4-6-16/h7-9,16-18H,4-6,11-12H2,1-3H3. The van der Waals surface area contributed by atoms with Crippen LogP contribution in [0.25, 0.3) is 0 Å². The zero-order chi connectivity index (χ0) is 18.3. The molecule has 1 atom stereocenters. The number of hydrogen-bond donors (Lipinski definition) is 0. The van der Waals surface area contributed by atoms with Crippen molar-refractivity contribution < 1.29 is 4.74 Å². The van der Waals surface area contributed by atoms with E-state index in [1.165, 1.54) is 19.3 Å². The molecule has 4 rings (SSSR count). The minimum Gasteiger partial charge on any atom is -0.478 e. The fourth-order valence-corrected chi connectivity index (χ4v) is 4.47. The van der Waals surface area contributed by atoms with E-state index in [0.717, 1.165) is 45.4 Å². The van der Waals surface area contributed by atoms with Gasteiger partial charge in [0, 0.05) is 17.4 Å². The Morgan fingerprint density at radius 2 is 2.04 bits per heavy atom. The van der Waals surface area contributed by atoms with Crippen molar-refractivity contribution in [1.29, 1.82) is 5.26 Å². The number of hydrogen-bond acceptors (Lipinski definition) is 4. The molecule has 5 heteroatoms. The van der Waals surface area contributed by atoms with Crippen LogP contribution in [-0.4, -0.2) is 27.4 Å². The molecule has 0 radical (unpaired) electrons. The zero-order valence-corrected chi connectivity index (χ0v) is 16.5. The quantitative estimate of drug-likeness (QED) is 0.763. The second-order valence-corrected chi connectivity index (χ2v) is 8.60. The minimum atomic E-state index is -0.165. The Hall–Kier alpha value is -1.93. The van der Waals surface area contributed by atoms with E-state index in [9.17, 15) is 5.26 Å². The molecular formula is C21H25N3OS. The van der Waals surface area contributed by atoms with Crippen LogP contribution in [0.4, 0.5) is 0 Å². The van der Waals surface area contributed by atoms with Gasteiger partial charge in [-0.25, -0.2) is 0 Å². The lowest BCUT2D eigenvalue weighted by Crippen LogP contribution is -2.25. The van der Waals surface area contributed by atoms with E-state index in [1.54, 1.807) is 0 Å². The number of nitriles is 1. The van der Waals surface area contributed by atoms with E-state index in [2.05, 4.69) is 17.7 Å². The Morgan fingerprint density at radius 1 is 1.27 bits per heavy atom. The normalized spacial score (nSPS) is 23.8. The predicted octanol–water partition coefficient (Wildman–Crippen LogP) is 4.85. The van der Waals surface area contributed by atoms with E-state index in [1.807, 2.05) is 43.8 Å². The molecule has 1 aromatic heterocycles. The average molecular weight is 368 g/mol. The summed E-state index contributed by atoms with van der Waals surface area (Å²) < 4.78 is 8.67. The van der Waals surface area contributed by atoms with Crippen LogP contribution in [0.2, 0.25) is 0 Å². The molecule has 0 bridgehead atoms. The summed E-state index contributed by atoms with van der Waals surface area (Å²) >= 11 is 1.98. The summed E-state index contributed by atoms with van der Waals surface area (Å²) in [5, 5.41) is 14.4. The summed E-state index contributed by atoms with van der Waals surface area (Å²) in [7, 11) is 0. The largest absolute Gasteiger partial charge is 0.478 e. The molecule has 0 amide bonds. The van der Waals surface area contributed by atoms with Crippen molar-refractivity contribution in [2.24, 2.45) is 0 Å². The van der Waals surface area contributed by atoms with Gasteiger partial charge in [0.15, 0.2) is 5.75 Å². The van der Waals surface area contributed by atoms with E-state index < -0.39 is 0 Å². The van der Waals surface area contributed by atoms with Gasteiger partial charge in [-0.3, -0.25) is 4.68 Å². The number of allylic oxidation sites excluding steroid dienone is 4. The topological polar surface area (TPSA) is 50.8 Å². The number of thioether (sulfide) groups is 1. The third kappa shape index (κ3) is 3.01. The van der Waals surface area contributed by atoms with Crippen molar-refractivity contribution in [2.45, 2.75) is 58.1 Å². The van der Waals surface area contributed by atoms with Gasteiger partial charge in [0.1, 0.15) is 11.8 Å². The maximum Gasteiger partial charge on any atom is 0.164 e. The van der Waals surface area contributed by atoms with Gasteiger partial charge in [0.05, 0.1) is 23.4 Å². The summed E-state index contributed by atoms with van der Waals surface area (Å²) in [6, 6.07) is 2.81. The number of nitrogens with zero attached hydrogens (tertiary/aromatic N) is 3. The molecule has 1 aliphatic heterocycles. The highest BCUT2D eigenvalue weighted by Crippen LogP contribution is 2.43. The van der Waals surface area contributed by atoms with Crippen LogP contribution < -0.4 is 4.74 Å². The monoisotopic (exact) mass is 367 g/mol. The minimum absolute atomic E-state index is 0.165. The van der Waals surface area contributed by atoms with E-state index in [0.29, 0.717) is 12.0 Å². The summed E-state index contributed by atoms with van der Waals surface area (Å²) in [6.07, 6.45) is 9.63. The highest BCUT2D eigenvalue weighted by atomic mass is 32.2. The van der Waals surface area contributed by atoms with Crippen molar-refractivity contribution in [3.05, 3.63) is 46.3 Å². The summed E-state index contributed by atoms with van der Waals surface area (Å²) in [5.41, 5.74) is 4.99. The summed E-state index contributed by atoms with van der Waals surface area (Å²) in [6.45, 7) is 6.10. The van der Waals surface area contributed by atoms with Crippen molar-refractivity contribution in [1.82, 2.24) is 9.78 Å². The van der Waals surface area contributed by atoms with Gasteiger partial charge in [-0.05, 0) is 56.9 Å². The van der Waals surface area contributed by atoms with Crippen molar-refractivity contribution in [2.75, 3.05) is 11.5 Å². The molecule has 3 aliphatic rings. The Bertz CT molecular complexity index is 847. The van der Waals surface area contributed by atoms with Crippen LogP contribution in [-0.2, 0) is 0 Å². The van der Waals surface area contributed by atoms with Gasteiger partial charge in [0.2, 0.25) is 0 Å². The molecule has 26 heavy (non-hydrogen) atoms. The molecule has 1 aromatic rings. The highest BCUT2D eigenvalue weighted by molar-refractivity contribution is 8.00. The van der Waals surface area contributed by atoms with Crippen LogP contribution in [0.3, 0.4) is 0 Å². The lowest BCUT2D eigenvalue weighted by molar-refractivity contribution is 0.282. The van der Waals surface area contributed by atoms with Crippen LogP contribution >= 0.6 is 11.8 Å². The first-order valence-electron chi connectivity index (χ1n) is 9.40. The molecule has 1 unspecified atom stereocenters. The fourth-order valence-electron chi connectivity index (χ4n) is 3.74. The van der Waals surface area contributed by atoms with E-state index >= 15 is 0 Å². The van der Waals surface area contributed by atoms with Gasteiger partial charge in [-0.15, -0.1) is 0 Å². The van der Waals surface area contributed by atoms with Gasteiger partial charge < -0.3 is 4.74 Å². The molecule has 1 saturated carbocycles. The summed E-state index contributed by atoms with van der Waals surface area (Å²) in [5.74, 6) is 3.78. The van der Waals surface area contributed by atoms with Crippen molar-refractivity contribution in [3.8, 4) is 11.8 Å². The molecular weight excluding hydrogens is 342 g/mol. The first-order valence-corrected chi connectivity index (χ1v) is 10.5. The third-order valence-corrected chi connectivity index (χ3v) is 6.92. The van der Waals surface area contributed by atoms with Crippen LogP contribution in [0, 0.1) is 18.3 Å². The molecule has 0 aromatic carbocycles. The number of aromatic nitrogens is 2. The van der Waals surface area contributed by atoms with Crippen molar-refractivity contribution in [3.63, 3.8) is 0 Å². The summed E-state index contributed by atoms with van der Waals surface area (Å²) in [4.78, 5) is 0. The Morgan fingerprint density at radius 3 is 2.62 bits per heavy atom. The number of rotatable bonds is 4. The smallest absolute Gasteiger partial charge is 0.164 e. The van der Waals surface area contributed by atoms with Crippen molar-refractivity contribution >= 4 is 11.8 Å². The first kappa shape index (κ1) is 17.5. The second kappa shape index (κ2) is 7.00. The Kier molecular flexibility index (Phi) is 4.71. The molecule has 0 spiro atoms. The highest BCUT2D eigenvalue weighted by Gasteiger charge is 2.32. The molecule has 136 valence electrons. The van der Waals surface area contributed by atoms with Gasteiger partial charge in [-0.1, -0.05) is 12.5 Å². The van der Waals surface area contributed by atoms with Crippen LogP contribution in [0.15, 0.2) is 34.9 Å². The number of ether oxygens (including phenoxy) is 1. The maximum atomic E-state index is 9.39. The molecule has 2 fully saturated rings. The zero-order valence-electron chi connectivity index (χ0n) is 15.7. The van der Waals surface area contributed by atoms with Gasteiger partial charge in [-0.2, -0.15) is 22.1 Å². The molecule has 4 nitrogen and oxygen atoms in total. The molecule has 2 heterocycles. The lowest BCUT2D eigenvalue weighted by Gasteiger charge is -2.26. The third-order valence-electron chi connectivity index (χ3n) is 5.68. The van der Waals surface area contributed by atoms with Crippen LogP contribution in [0.5, 0.6) is 5.75 Å². The molecule has 0 N–H and O–H groups in total. The van der Waals surface area contributed by atoms with Crippen LogP contribution in [0.1, 0.15) is 56.5 Å². The maximum absolute atomic E-state index is 9.39. The fraction of sp³-hybridized carbons (Fsp3) is 0.524. The molecule has 1 saturated heterocycles. The second-order valence-electron chi connectivity index (χ2n) is 7.52. The van der Waals surface area contributed by atoms with Gasteiger partial charge in [0.25, 0.3) is 0 Å². The average Bonchev–Trinajstić information content (AvgIpc) is 2.71. The lowest BCUT2D eigenvalue weighted by atomic mass is 9.82. The van der Waals surface area contributed by atoms with E-state index in [-0.39, 0.29) is 6.10 Å². The van der Waals surface area contributed by atoms with E-state index in [4.69, 9.17) is 9.84 Å². The first-order chi connectivity index (χ1) is 12.6.